The Labute approximate surface area is 217 Å². The highest BCUT2D eigenvalue weighted by atomic mass is 16.7. The zero-order valence-electron chi connectivity index (χ0n) is 21.5. The van der Waals surface area contributed by atoms with Crippen molar-refractivity contribution in [2.75, 3.05) is 0 Å². The zero-order chi connectivity index (χ0) is 25.6. The fourth-order valence-electron chi connectivity index (χ4n) is 4.56. The molecule has 1 aromatic heterocycles. The fourth-order valence-corrected chi connectivity index (χ4v) is 4.56. The molecule has 37 heavy (non-hydrogen) atoms. The predicted octanol–water partition coefficient (Wildman–Crippen LogP) is 6.33. The first-order chi connectivity index (χ1) is 17.8. The summed E-state index contributed by atoms with van der Waals surface area (Å²) in [6.07, 6.45) is 0. The minimum absolute atomic E-state index is 0.433. The number of fused-ring (bicyclic) bond motifs is 1. The first-order valence-corrected chi connectivity index (χ1v) is 12.6. The molecule has 5 nitrogen and oxygen atoms in total. The highest BCUT2D eigenvalue weighted by Gasteiger charge is 2.51. The third kappa shape index (κ3) is 4.33. The minimum Gasteiger partial charge on any atom is -0.399 e. The van der Waals surface area contributed by atoms with Crippen molar-refractivity contribution in [2.24, 2.45) is 0 Å². The summed E-state index contributed by atoms with van der Waals surface area (Å²) in [6.45, 7) is 8.27. The lowest BCUT2D eigenvalue weighted by molar-refractivity contribution is 0.00578. The van der Waals surface area contributed by atoms with E-state index in [1.165, 1.54) is 0 Å². The number of nitrogens with zero attached hydrogens (tertiary/aromatic N) is 3. The average molecular weight is 485 g/mol. The van der Waals surface area contributed by atoms with Crippen molar-refractivity contribution in [1.82, 2.24) is 15.0 Å². The molecule has 0 N–H and O–H groups in total. The van der Waals surface area contributed by atoms with Crippen LogP contribution in [-0.4, -0.2) is 33.3 Å². The highest BCUT2D eigenvalue weighted by molar-refractivity contribution is 6.62. The third-order valence-electron chi connectivity index (χ3n) is 7.35. The topological polar surface area (TPSA) is 57.1 Å². The van der Waals surface area contributed by atoms with Crippen LogP contribution in [0.5, 0.6) is 0 Å². The van der Waals surface area contributed by atoms with Crippen LogP contribution >= 0.6 is 0 Å². The Kier molecular flexibility index (Phi) is 5.66. The van der Waals surface area contributed by atoms with Gasteiger partial charge in [0, 0.05) is 16.7 Å². The van der Waals surface area contributed by atoms with Gasteiger partial charge in [0.15, 0.2) is 17.5 Å². The second-order valence-corrected chi connectivity index (χ2v) is 10.4. The predicted molar refractivity (Wildman–Crippen MR) is 149 cm³/mol. The standard InChI is InChI=1S/C31H28BN3O2/c1-30(2)31(3,4)37-32(36-30)24-19-23-17-11-12-18-25(23)26(20-24)29-34-27(21-13-7-5-8-14-21)33-28(35-29)22-15-9-6-10-16-22/h5-20H,1-4H3. The molecule has 0 spiro atoms. The van der Waals surface area contributed by atoms with Gasteiger partial charge in [0.2, 0.25) is 0 Å². The largest absolute Gasteiger partial charge is 0.494 e. The number of hydrogen-bond donors (Lipinski definition) is 0. The van der Waals surface area contributed by atoms with Gasteiger partial charge in [-0.05, 0) is 43.9 Å². The lowest BCUT2D eigenvalue weighted by Gasteiger charge is -2.32. The van der Waals surface area contributed by atoms with Crippen molar-refractivity contribution < 1.29 is 9.31 Å². The summed E-state index contributed by atoms with van der Waals surface area (Å²) < 4.78 is 12.8. The quantitative estimate of drug-likeness (QED) is 0.279. The summed E-state index contributed by atoms with van der Waals surface area (Å²) in [5.74, 6) is 1.88. The van der Waals surface area contributed by atoms with Gasteiger partial charge in [0.1, 0.15) is 0 Å². The van der Waals surface area contributed by atoms with Gasteiger partial charge in [0.05, 0.1) is 11.2 Å². The van der Waals surface area contributed by atoms with Crippen molar-refractivity contribution in [3.05, 3.63) is 97.1 Å². The molecule has 0 unspecified atom stereocenters. The van der Waals surface area contributed by atoms with Gasteiger partial charge in [0.25, 0.3) is 0 Å². The number of rotatable bonds is 4. The molecule has 6 heteroatoms. The van der Waals surface area contributed by atoms with Crippen LogP contribution in [0.1, 0.15) is 27.7 Å². The van der Waals surface area contributed by atoms with Crippen molar-refractivity contribution in [3.8, 4) is 34.2 Å². The first-order valence-electron chi connectivity index (χ1n) is 12.6. The van der Waals surface area contributed by atoms with E-state index in [0.29, 0.717) is 17.5 Å². The summed E-state index contributed by atoms with van der Waals surface area (Å²) in [5, 5.41) is 2.14. The number of hydrogen-bond acceptors (Lipinski definition) is 5. The maximum Gasteiger partial charge on any atom is 0.494 e. The van der Waals surface area contributed by atoms with Gasteiger partial charge in [-0.1, -0.05) is 97.1 Å². The Balaban J connectivity index is 1.57. The molecule has 0 atom stereocenters. The van der Waals surface area contributed by atoms with Gasteiger partial charge >= 0.3 is 7.12 Å². The lowest BCUT2D eigenvalue weighted by atomic mass is 9.77. The first kappa shape index (κ1) is 23.5. The Morgan fingerprint density at radius 2 is 1.05 bits per heavy atom. The number of aromatic nitrogens is 3. The van der Waals surface area contributed by atoms with Crippen LogP contribution in [0.4, 0.5) is 0 Å². The maximum atomic E-state index is 6.40. The SMILES string of the molecule is CC1(C)OB(c2cc(-c3nc(-c4ccccc4)nc(-c4ccccc4)n3)c3ccccc3c2)OC1(C)C. The molecular weight excluding hydrogens is 457 g/mol. The van der Waals surface area contributed by atoms with Crippen LogP contribution < -0.4 is 5.46 Å². The Morgan fingerprint density at radius 3 is 1.62 bits per heavy atom. The smallest absolute Gasteiger partial charge is 0.399 e. The molecular formula is C31H28BN3O2. The van der Waals surface area contributed by atoms with E-state index in [-0.39, 0.29) is 0 Å². The molecule has 6 rings (SSSR count). The lowest BCUT2D eigenvalue weighted by Crippen LogP contribution is -2.41. The molecule has 1 fully saturated rings. The zero-order valence-corrected chi connectivity index (χ0v) is 21.5. The van der Waals surface area contributed by atoms with E-state index in [1.54, 1.807) is 0 Å². The second kappa shape index (κ2) is 8.91. The monoisotopic (exact) mass is 485 g/mol. The average Bonchev–Trinajstić information content (AvgIpc) is 3.15. The molecule has 1 aliphatic heterocycles. The Hall–Kier alpha value is -3.87. The van der Waals surface area contributed by atoms with E-state index in [9.17, 15) is 0 Å². The van der Waals surface area contributed by atoms with Crippen molar-refractivity contribution in [2.45, 2.75) is 38.9 Å². The number of benzene rings is 4. The van der Waals surface area contributed by atoms with E-state index < -0.39 is 18.3 Å². The minimum atomic E-state index is -0.489. The van der Waals surface area contributed by atoms with E-state index in [1.807, 2.05) is 72.8 Å². The molecule has 0 amide bonds. The molecule has 0 aliphatic carbocycles. The molecule has 0 radical (unpaired) electrons. The summed E-state index contributed by atoms with van der Waals surface area (Å²) in [7, 11) is -0.489. The van der Waals surface area contributed by atoms with E-state index in [4.69, 9.17) is 24.3 Å². The Bertz CT molecular complexity index is 1510. The molecule has 182 valence electrons. The summed E-state index contributed by atoms with van der Waals surface area (Å²) >= 11 is 0. The van der Waals surface area contributed by atoms with Crippen LogP contribution in [0.25, 0.3) is 44.9 Å². The molecule has 0 bridgehead atoms. The second-order valence-electron chi connectivity index (χ2n) is 10.4. The summed E-state index contributed by atoms with van der Waals surface area (Å²) in [5.41, 5.74) is 2.87. The molecule has 2 heterocycles. The molecule has 1 saturated heterocycles. The molecule has 4 aromatic carbocycles. The highest BCUT2D eigenvalue weighted by Crippen LogP contribution is 2.37. The van der Waals surface area contributed by atoms with Crippen LogP contribution in [0, 0.1) is 0 Å². The van der Waals surface area contributed by atoms with Crippen LogP contribution in [-0.2, 0) is 9.31 Å². The Morgan fingerprint density at radius 1 is 0.568 bits per heavy atom. The van der Waals surface area contributed by atoms with Crippen molar-refractivity contribution in [3.63, 3.8) is 0 Å². The summed E-state index contributed by atoms with van der Waals surface area (Å²) in [4.78, 5) is 14.8. The normalized spacial score (nSPS) is 16.3. The van der Waals surface area contributed by atoms with Crippen LogP contribution in [0.15, 0.2) is 97.1 Å². The molecule has 0 saturated carbocycles. The van der Waals surface area contributed by atoms with Crippen molar-refractivity contribution >= 4 is 23.4 Å². The van der Waals surface area contributed by atoms with E-state index >= 15 is 0 Å². The van der Waals surface area contributed by atoms with Gasteiger partial charge in [-0.15, -0.1) is 0 Å². The van der Waals surface area contributed by atoms with Gasteiger partial charge in [-0.25, -0.2) is 15.0 Å². The van der Waals surface area contributed by atoms with E-state index in [0.717, 1.165) is 32.9 Å². The van der Waals surface area contributed by atoms with E-state index in [2.05, 4.69) is 52.0 Å². The van der Waals surface area contributed by atoms with Gasteiger partial charge < -0.3 is 9.31 Å². The molecule has 1 aliphatic rings. The van der Waals surface area contributed by atoms with Crippen LogP contribution in [0.3, 0.4) is 0 Å². The maximum absolute atomic E-state index is 6.40. The molecule has 5 aromatic rings. The summed E-state index contributed by atoms with van der Waals surface area (Å²) in [6, 6.07) is 32.6. The van der Waals surface area contributed by atoms with Gasteiger partial charge in [-0.2, -0.15) is 0 Å². The third-order valence-corrected chi connectivity index (χ3v) is 7.35. The van der Waals surface area contributed by atoms with Crippen LogP contribution in [0.2, 0.25) is 0 Å². The fraction of sp³-hybridized carbons (Fsp3) is 0.194. The van der Waals surface area contributed by atoms with Crippen molar-refractivity contribution in [1.29, 1.82) is 0 Å². The van der Waals surface area contributed by atoms with Gasteiger partial charge in [-0.3, -0.25) is 0 Å².